The van der Waals surface area contributed by atoms with Crippen molar-refractivity contribution in [3.05, 3.63) is 116 Å². The van der Waals surface area contributed by atoms with Crippen LogP contribution in [0.15, 0.2) is 67.3 Å². The zero-order valence-corrected chi connectivity index (χ0v) is 22.9. The van der Waals surface area contributed by atoms with Gasteiger partial charge in [0.05, 0.1) is 0 Å². The molecule has 0 aliphatic heterocycles. The molecule has 193 valence electrons. The second-order valence-corrected chi connectivity index (χ2v) is 7.32. The molecule has 0 unspecified atom stereocenters. The molecule has 0 atom stereocenters. The summed E-state index contributed by atoms with van der Waals surface area (Å²) in [4.78, 5) is 16.4. The number of halogens is 1. The van der Waals surface area contributed by atoms with E-state index in [1.165, 1.54) is 18.2 Å². The fourth-order valence-corrected chi connectivity index (χ4v) is 3.29. The van der Waals surface area contributed by atoms with Crippen LogP contribution in [0, 0.1) is 32.8 Å². The van der Waals surface area contributed by atoms with Gasteiger partial charge in [-0.05, 0) is 67.1 Å². The number of benzene rings is 2. The molecule has 1 amide bonds. The number of anilines is 1. The number of carbonyl (C=O) groups excluding carboxylic acids is 1. The maximum absolute atomic E-state index is 13.3. The summed E-state index contributed by atoms with van der Waals surface area (Å²) < 4.78 is 18.4. The Labute approximate surface area is 231 Å². The molecule has 8 heteroatoms. The fourth-order valence-electron chi connectivity index (χ4n) is 3.29. The van der Waals surface area contributed by atoms with Crippen molar-refractivity contribution in [3.8, 4) is 17.0 Å². The van der Waals surface area contributed by atoms with E-state index in [4.69, 9.17) is 4.74 Å². The molecule has 2 aromatic carbocycles. The van der Waals surface area contributed by atoms with Crippen LogP contribution in [0.25, 0.3) is 23.1 Å². The van der Waals surface area contributed by atoms with Crippen molar-refractivity contribution >= 4 is 17.3 Å². The van der Waals surface area contributed by atoms with Crippen molar-refractivity contribution in [1.82, 2.24) is 10.3 Å². The van der Waals surface area contributed by atoms with E-state index in [9.17, 15) is 9.18 Å². The van der Waals surface area contributed by atoms with Crippen LogP contribution in [0.2, 0.25) is 0 Å². The number of hydrogen-bond donors (Lipinski definition) is 2. The standard InChI is InChI=1S/C27H26FN3O2.C2H5.H2N.V/c1-5-23(20-8-7-18(3)24(17-20)31-26(32)6-2)29-16-15-22-13-14-25(33-4)27(30-22)19-9-11-21(28)12-10-19;1-2;;/h5-13,17,29H,2,4,15-16H2,1,3H3,(H,31,32);1H2,2H3;1H2;/q-2;2*-1;+4/b23-5-;;;. The third-order valence-corrected chi connectivity index (χ3v) is 5.08. The Kier molecular flexibility index (Phi) is 15.6. The molecule has 0 saturated carbocycles. The number of nitrogens with one attached hydrogen (secondary N) is 2. The zero-order chi connectivity index (χ0) is 25.8. The number of allylic oxidation sites excluding steroid dienone is 1. The molecular weight excluding hydrogens is 506 g/mol. The van der Waals surface area contributed by atoms with E-state index in [1.54, 1.807) is 25.1 Å². The molecule has 3 rings (SSSR count). The van der Waals surface area contributed by atoms with Gasteiger partial charge in [-0.25, -0.2) is 4.39 Å². The Morgan fingerprint density at radius 1 is 1.22 bits per heavy atom. The third-order valence-electron chi connectivity index (χ3n) is 5.08. The number of nitrogens with two attached hydrogens (primary N) is 1. The van der Waals surface area contributed by atoms with E-state index in [2.05, 4.69) is 42.3 Å². The average molecular weight is 540 g/mol. The number of carbonyl (C=O) groups is 1. The topological polar surface area (TPSA) is 96.8 Å². The van der Waals surface area contributed by atoms with Gasteiger partial charge in [0.1, 0.15) is 5.82 Å². The van der Waals surface area contributed by atoms with E-state index in [0.717, 1.165) is 33.8 Å². The number of pyridine rings is 1. The zero-order valence-electron chi connectivity index (χ0n) is 21.5. The van der Waals surface area contributed by atoms with E-state index >= 15 is 0 Å². The summed E-state index contributed by atoms with van der Waals surface area (Å²) in [5.74, 6) is -0.164. The predicted octanol–water partition coefficient (Wildman–Crippen LogP) is 7.04. The number of ether oxygens (including phenoxy) is 1. The molecule has 0 saturated heterocycles. The first kappa shape index (κ1) is 33.6. The molecular formula is C29H33FN4O2V. The number of aryl methyl sites for hydroxylation is 1. The molecule has 37 heavy (non-hydrogen) atoms. The predicted molar refractivity (Wildman–Crippen MR) is 146 cm³/mol. The summed E-state index contributed by atoms with van der Waals surface area (Å²) in [6.45, 7) is 13.0. The Hall–Kier alpha value is -3.39. The molecule has 6 nitrogen and oxygen atoms in total. The fraction of sp³-hybridized carbons (Fsp3) is 0.172. The normalized spacial score (nSPS) is 10.1. The van der Waals surface area contributed by atoms with Gasteiger partial charge in [-0.1, -0.05) is 48.2 Å². The molecule has 0 spiro atoms. The third kappa shape index (κ3) is 9.54. The van der Waals surface area contributed by atoms with Crippen molar-refractivity contribution in [2.24, 2.45) is 0 Å². The second-order valence-electron chi connectivity index (χ2n) is 7.32. The summed E-state index contributed by atoms with van der Waals surface area (Å²) in [5, 5.41) is 6.26. The first-order valence-electron chi connectivity index (χ1n) is 11.2. The number of amides is 1. The molecule has 1 aromatic heterocycles. The Morgan fingerprint density at radius 2 is 1.89 bits per heavy atom. The van der Waals surface area contributed by atoms with Gasteiger partial charge >= 0.3 is 18.6 Å². The number of nitrogens with zero attached hydrogens (tertiary/aromatic N) is 1. The Morgan fingerprint density at radius 3 is 2.49 bits per heavy atom. The van der Waals surface area contributed by atoms with Crippen LogP contribution in [0.4, 0.5) is 10.1 Å². The molecule has 0 fully saturated rings. The number of rotatable bonds is 9. The minimum Gasteiger partial charge on any atom is -0.693 e. The molecule has 4 N–H and O–H groups in total. The molecule has 0 aliphatic rings. The minimum absolute atomic E-state index is 0. The number of hydrogen-bond acceptors (Lipinski definition) is 4. The molecule has 0 aliphatic carbocycles. The SMILES string of the molecule is C=CC(=O)Nc1cc(/C(=C/C)NCCc2c[c-]c(O[CH2-])c(-c3ccc(F)cc3)n2)ccc1C.[CH2-]C.[NH2-].[V+4]. The molecule has 3 aromatic rings. The van der Waals surface area contributed by atoms with Crippen molar-refractivity contribution in [2.75, 3.05) is 11.9 Å². The monoisotopic (exact) mass is 539 g/mol. The number of aromatic nitrogens is 1. The summed E-state index contributed by atoms with van der Waals surface area (Å²) in [6.07, 6.45) is 3.86. The van der Waals surface area contributed by atoms with Crippen molar-refractivity contribution < 1.29 is 32.5 Å². The quantitative estimate of drug-likeness (QED) is 0.225. The first-order valence-corrected chi connectivity index (χ1v) is 11.2. The van der Waals surface area contributed by atoms with Crippen LogP contribution < -0.4 is 15.4 Å². The molecule has 1 heterocycles. The van der Waals surface area contributed by atoms with Crippen LogP contribution in [0.1, 0.15) is 30.7 Å². The van der Waals surface area contributed by atoms with Crippen LogP contribution in [-0.4, -0.2) is 17.4 Å². The smallest absolute Gasteiger partial charge is 0.693 e. The van der Waals surface area contributed by atoms with Crippen molar-refractivity contribution in [3.63, 3.8) is 0 Å². The van der Waals surface area contributed by atoms with Gasteiger partial charge < -0.3 is 33.4 Å². The van der Waals surface area contributed by atoms with E-state index in [1.807, 2.05) is 38.1 Å². The maximum Gasteiger partial charge on any atom is 4.00 e. The van der Waals surface area contributed by atoms with E-state index < -0.39 is 0 Å². The molecule has 0 bridgehead atoms. The summed E-state index contributed by atoms with van der Waals surface area (Å²) in [7, 11) is 3.46. The summed E-state index contributed by atoms with van der Waals surface area (Å²) in [5.41, 5.74) is 5.69. The van der Waals surface area contributed by atoms with E-state index in [-0.39, 0.29) is 36.4 Å². The van der Waals surface area contributed by atoms with Gasteiger partial charge in [0, 0.05) is 17.9 Å². The minimum atomic E-state index is -0.317. The molecule has 1 radical (unpaired) electrons. The summed E-state index contributed by atoms with van der Waals surface area (Å²) >= 11 is 0. The van der Waals surface area contributed by atoms with Gasteiger partial charge in [0.2, 0.25) is 5.91 Å². The van der Waals surface area contributed by atoms with Gasteiger partial charge in [-0.15, -0.1) is 6.07 Å². The van der Waals surface area contributed by atoms with Crippen LogP contribution >= 0.6 is 0 Å². The van der Waals surface area contributed by atoms with Crippen LogP contribution in [0.5, 0.6) is 5.75 Å². The van der Waals surface area contributed by atoms with Crippen molar-refractivity contribution in [2.45, 2.75) is 27.2 Å². The summed E-state index contributed by atoms with van der Waals surface area (Å²) in [6, 6.07) is 16.8. The van der Waals surface area contributed by atoms with Crippen LogP contribution in [-0.2, 0) is 29.8 Å². The van der Waals surface area contributed by atoms with Gasteiger partial charge in [0.25, 0.3) is 0 Å². The van der Waals surface area contributed by atoms with E-state index in [0.29, 0.717) is 24.4 Å². The van der Waals surface area contributed by atoms with Gasteiger partial charge in [-0.3, -0.25) is 4.79 Å². The largest absolute Gasteiger partial charge is 4.00 e. The maximum atomic E-state index is 13.3. The first-order chi connectivity index (χ1) is 16.9. The second kappa shape index (κ2) is 17.1. The average Bonchev–Trinajstić information content (AvgIpc) is 2.89. The van der Waals surface area contributed by atoms with Crippen LogP contribution in [0.3, 0.4) is 0 Å². The van der Waals surface area contributed by atoms with Gasteiger partial charge in [0.15, 0.2) is 0 Å². The Bertz CT molecular complexity index is 1180. The van der Waals surface area contributed by atoms with Crippen molar-refractivity contribution in [1.29, 1.82) is 0 Å². The van der Waals surface area contributed by atoms with Gasteiger partial charge in [-0.2, -0.15) is 20.1 Å². The Balaban J connectivity index is 0.00000316.